The molecule has 2 aromatic carbocycles. The summed E-state index contributed by atoms with van der Waals surface area (Å²) in [6.07, 6.45) is 1.32. The number of thiophene rings is 1. The summed E-state index contributed by atoms with van der Waals surface area (Å²) in [5.41, 5.74) is 2.30. The van der Waals surface area contributed by atoms with Crippen molar-refractivity contribution in [3.8, 4) is 21.3 Å². The third-order valence-corrected chi connectivity index (χ3v) is 6.46. The summed E-state index contributed by atoms with van der Waals surface area (Å²) >= 11 is 1.22. The Morgan fingerprint density at radius 2 is 1.87 bits per heavy atom. The molecular weight excluding hydrogens is 414 g/mol. The van der Waals surface area contributed by atoms with E-state index >= 15 is 0 Å². The lowest BCUT2D eigenvalue weighted by atomic mass is 9.84. The minimum Gasteiger partial charge on any atom is -0.497 e. The van der Waals surface area contributed by atoms with Crippen molar-refractivity contribution in [1.82, 2.24) is 0 Å². The summed E-state index contributed by atoms with van der Waals surface area (Å²) < 4.78 is 10.4. The summed E-state index contributed by atoms with van der Waals surface area (Å²) in [6, 6.07) is 19.0. The summed E-state index contributed by atoms with van der Waals surface area (Å²) in [4.78, 5) is 27.2. The highest BCUT2D eigenvalue weighted by molar-refractivity contribution is 7.18. The van der Waals surface area contributed by atoms with Gasteiger partial charge in [-0.3, -0.25) is 4.79 Å². The molecule has 1 aromatic heterocycles. The van der Waals surface area contributed by atoms with Gasteiger partial charge in [-0.1, -0.05) is 60.2 Å². The maximum Gasteiger partial charge on any atom is 0.512 e. The number of nitrogens with zero attached hydrogens (tertiary/aromatic N) is 1. The number of anilines is 1. The van der Waals surface area contributed by atoms with Crippen molar-refractivity contribution >= 4 is 29.1 Å². The molecule has 1 amide bonds. The van der Waals surface area contributed by atoms with Gasteiger partial charge in [0.15, 0.2) is 0 Å². The number of hydrogen-bond donors (Lipinski definition) is 1. The standard InChI is InChI=1S/C24H23NO5S/c1-29-19-12-5-7-16(13-19)15-25(22(26)18-10-6-11-18)20-14-21(17-8-3-2-4-9-17)31-23(20)30-24(27)28/h2-5,7-9,12-14,18H,6,10-11,15H2,1H3,(H,27,28). The Hall–Kier alpha value is -3.32. The second-order valence-electron chi connectivity index (χ2n) is 7.42. The number of amides is 1. The summed E-state index contributed by atoms with van der Waals surface area (Å²) in [7, 11) is 1.60. The largest absolute Gasteiger partial charge is 0.512 e. The Morgan fingerprint density at radius 3 is 2.52 bits per heavy atom. The predicted octanol–water partition coefficient (Wildman–Crippen LogP) is 5.81. The van der Waals surface area contributed by atoms with Crippen LogP contribution in [0.3, 0.4) is 0 Å². The summed E-state index contributed by atoms with van der Waals surface area (Å²) in [5.74, 6) is 0.635. The molecule has 0 unspecified atom stereocenters. The van der Waals surface area contributed by atoms with Crippen LogP contribution in [0.4, 0.5) is 10.5 Å². The smallest absolute Gasteiger partial charge is 0.497 e. The minimum absolute atomic E-state index is 0.0123. The van der Waals surface area contributed by atoms with Gasteiger partial charge in [-0.25, -0.2) is 4.79 Å². The topological polar surface area (TPSA) is 76.1 Å². The zero-order valence-corrected chi connectivity index (χ0v) is 17.9. The second kappa shape index (κ2) is 9.22. The molecule has 3 aromatic rings. The normalized spacial score (nSPS) is 13.3. The maximum absolute atomic E-state index is 13.4. The molecule has 1 N–H and O–H groups in total. The van der Waals surface area contributed by atoms with Crippen LogP contribution in [0, 0.1) is 5.92 Å². The Balaban J connectivity index is 1.76. The summed E-state index contributed by atoms with van der Waals surface area (Å²) in [5, 5.41) is 9.48. The molecule has 31 heavy (non-hydrogen) atoms. The Labute approximate surface area is 184 Å². The average molecular weight is 438 g/mol. The molecule has 1 aliphatic rings. The molecule has 0 spiro atoms. The number of carbonyl (C=O) groups is 2. The van der Waals surface area contributed by atoms with Crippen LogP contribution >= 0.6 is 11.3 Å². The van der Waals surface area contributed by atoms with Crippen molar-refractivity contribution in [3.63, 3.8) is 0 Å². The lowest BCUT2D eigenvalue weighted by Crippen LogP contribution is -2.38. The summed E-state index contributed by atoms with van der Waals surface area (Å²) in [6.45, 7) is 0.299. The van der Waals surface area contributed by atoms with Crippen molar-refractivity contribution < 1.29 is 24.2 Å². The van der Waals surface area contributed by atoms with Gasteiger partial charge in [0.2, 0.25) is 11.0 Å². The molecule has 0 radical (unpaired) electrons. The molecule has 6 nitrogen and oxygen atoms in total. The van der Waals surface area contributed by atoms with E-state index in [1.165, 1.54) is 11.3 Å². The SMILES string of the molecule is COc1cccc(CN(C(=O)C2CCC2)c2cc(-c3ccccc3)sc2OC(=O)O)c1. The van der Waals surface area contributed by atoms with Crippen molar-refractivity contribution in [2.45, 2.75) is 25.8 Å². The predicted molar refractivity (Wildman–Crippen MR) is 120 cm³/mol. The van der Waals surface area contributed by atoms with E-state index in [4.69, 9.17) is 9.47 Å². The number of carbonyl (C=O) groups excluding carboxylic acids is 1. The first-order chi connectivity index (χ1) is 15.0. The fraction of sp³-hybridized carbons (Fsp3) is 0.250. The van der Waals surface area contributed by atoms with E-state index < -0.39 is 6.16 Å². The molecule has 160 valence electrons. The first-order valence-electron chi connectivity index (χ1n) is 10.1. The van der Waals surface area contributed by atoms with Crippen molar-refractivity contribution in [2.24, 2.45) is 5.92 Å². The van der Waals surface area contributed by atoms with Crippen LogP contribution in [-0.2, 0) is 11.3 Å². The zero-order chi connectivity index (χ0) is 21.8. The van der Waals surface area contributed by atoms with Crippen LogP contribution in [0.25, 0.3) is 10.4 Å². The van der Waals surface area contributed by atoms with E-state index in [1.807, 2.05) is 60.7 Å². The van der Waals surface area contributed by atoms with E-state index in [1.54, 1.807) is 12.0 Å². The third-order valence-electron chi connectivity index (χ3n) is 5.40. The van der Waals surface area contributed by atoms with Crippen LogP contribution < -0.4 is 14.4 Å². The number of ether oxygens (including phenoxy) is 2. The number of carboxylic acid groups (broad SMARTS) is 1. The lowest BCUT2D eigenvalue weighted by Gasteiger charge is -2.31. The number of rotatable bonds is 7. The van der Waals surface area contributed by atoms with E-state index in [9.17, 15) is 14.7 Å². The van der Waals surface area contributed by atoms with Gasteiger partial charge in [-0.2, -0.15) is 0 Å². The fourth-order valence-corrected chi connectivity index (χ4v) is 4.57. The van der Waals surface area contributed by atoms with Gasteiger partial charge >= 0.3 is 6.16 Å². The Morgan fingerprint density at radius 1 is 1.10 bits per heavy atom. The Kier molecular flexibility index (Phi) is 6.23. The monoisotopic (exact) mass is 437 g/mol. The molecule has 0 atom stereocenters. The van der Waals surface area contributed by atoms with Gasteiger partial charge in [-0.15, -0.1) is 0 Å². The van der Waals surface area contributed by atoms with Crippen LogP contribution in [0.1, 0.15) is 24.8 Å². The van der Waals surface area contributed by atoms with Crippen molar-refractivity contribution in [3.05, 3.63) is 66.2 Å². The highest BCUT2D eigenvalue weighted by Gasteiger charge is 2.33. The van der Waals surface area contributed by atoms with Crippen molar-refractivity contribution in [2.75, 3.05) is 12.0 Å². The van der Waals surface area contributed by atoms with Gasteiger partial charge in [-0.05, 0) is 42.2 Å². The molecule has 0 bridgehead atoms. The Bertz CT molecular complexity index is 1070. The molecule has 0 saturated heterocycles. The van der Waals surface area contributed by atoms with Gasteiger partial charge in [0, 0.05) is 10.8 Å². The molecule has 1 saturated carbocycles. The van der Waals surface area contributed by atoms with Crippen LogP contribution in [-0.4, -0.2) is 24.3 Å². The molecule has 4 rings (SSSR count). The molecule has 0 aliphatic heterocycles. The highest BCUT2D eigenvalue weighted by Crippen LogP contribution is 2.45. The molecule has 7 heteroatoms. The van der Waals surface area contributed by atoms with E-state index in [2.05, 4.69) is 0 Å². The molecule has 1 aliphatic carbocycles. The van der Waals surface area contributed by atoms with E-state index in [0.29, 0.717) is 18.0 Å². The quantitative estimate of drug-likeness (QED) is 0.472. The van der Waals surface area contributed by atoms with Gasteiger partial charge in [0.25, 0.3) is 0 Å². The highest BCUT2D eigenvalue weighted by atomic mass is 32.1. The van der Waals surface area contributed by atoms with Crippen LogP contribution in [0.15, 0.2) is 60.7 Å². The molecule has 1 fully saturated rings. The van der Waals surface area contributed by atoms with Gasteiger partial charge in [0.05, 0.1) is 19.3 Å². The number of benzene rings is 2. The number of methoxy groups -OCH3 is 1. The van der Waals surface area contributed by atoms with E-state index in [0.717, 1.165) is 35.3 Å². The first kappa shape index (κ1) is 20.9. The lowest BCUT2D eigenvalue weighted by molar-refractivity contribution is -0.124. The molecular formula is C24H23NO5S. The average Bonchev–Trinajstić information content (AvgIpc) is 3.14. The van der Waals surface area contributed by atoms with E-state index in [-0.39, 0.29) is 16.9 Å². The second-order valence-corrected chi connectivity index (χ2v) is 8.44. The van der Waals surface area contributed by atoms with Gasteiger partial charge in [0.1, 0.15) is 5.75 Å². The van der Waals surface area contributed by atoms with Crippen LogP contribution in [0.5, 0.6) is 10.8 Å². The fourth-order valence-electron chi connectivity index (χ4n) is 3.56. The minimum atomic E-state index is -1.40. The zero-order valence-electron chi connectivity index (χ0n) is 17.1. The maximum atomic E-state index is 13.4. The van der Waals surface area contributed by atoms with Gasteiger partial charge < -0.3 is 19.5 Å². The first-order valence-corrected chi connectivity index (χ1v) is 10.9. The van der Waals surface area contributed by atoms with Crippen LogP contribution in [0.2, 0.25) is 0 Å². The third kappa shape index (κ3) is 4.72. The number of hydrogen-bond acceptors (Lipinski definition) is 5. The molecule has 1 heterocycles. The van der Waals surface area contributed by atoms with Crippen molar-refractivity contribution in [1.29, 1.82) is 0 Å².